The molecule has 2 aromatic rings. The first-order chi connectivity index (χ1) is 14.2. The molecule has 0 saturated carbocycles. The quantitative estimate of drug-likeness (QED) is 0.566. The number of aromatic nitrogens is 2. The van der Waals surface area contributed by atoms with E-state index in [4.69, 9.17) is 4.74 Å². The van der Waals surface area contributed by atoms with Crippen molar-refractivity contribution in [1.29, 1.82) is 0 Å². The van der Waals surface area contributed by atoms with Gasteiger partial charge in [0.2, 0.25) is 0 Å². The van der Waals surface area contributed by atoms with Crippen molar-refractivity contribution >= 4 is 17.7 Å². The molecule has 0 spiro atoms. The molecule has 1 atom stereocenters. The Morgan fingerprint density at radius 2 is 1.77 bits per heavy atom. The Balaban J connectivity index is 1.92. The second-order valence-corrected chi connectivity index (χ2v) is 7.27. The second kappa shape index (κ2) is 10.4. The third-order valence-corrected chi connectivity index (χ3v) is 4.39. The molecule has 0 aliphatic carbocycles. The minimum absolute atomic E-state index is 0.0230. The summed E-state index contributed by atoms with van der Waals surface area (Å²) < 4.78 is 6.91. The van der Waals surface area contributed by atoms with Gasteiger partial charge in [0.05, 0.1) is 12.3 Å². The minimum Gasteiger partial charge on any atom is -0.494 e. The first-order valence-electron chi connectivity index (χ1n) is 9.84. The number of carbonyl (C=O) groups excluding carboxylic acids is 3. The Bertz CT molecular complexity index is 889. The first kappa shape index (κ1) is 22.9. The molecular formula is C21H29N5O4. The average molecular weight is 415 g/mol. The van der Waals surface area contributed by atoms with Crippen LogP contribution in [0.25, 0.3) is 0 Å². The number of hydrogen-bond donors (Lipinski definition) is 3. The highest BCUT2D eigenvalue weighted by molar-refractivity contribution is 5.98. The molecule has 0 fully saturated rings. The molecule has 30 heavy (non-hydrogen) atoms. The molecule has 0 radical (unpaired) electrons. The van der Waals surface area contributed by atoms with Crippen LogP contribution in [0.3, 0.4) is 0 Å². The summed E-state index contributed by atoms with van der Waals surface area (Å²) in [5.74, 6) is -0.844. The summed E-state index contributed by atoms with van der Waals surface area (Å²) in [4.78, 5) is 37.2. The van der Waals surface area contributed by atoms with Crippen molar-refractivity contribution in [2.75, 3.05) is 6.61 Å². The van der Waals surface area contributed by atoms with E-state index in [0.717, 1.165) is 11.4 Å². The zero-order valence-electron chi connectivity index (χ0n) is 18.0. The van der Waals surface area contributed by atoms with Gasteiger partial charge < -0.3 is 10.1 Å². The monoisotopic (exact) mass is 415 g/mol. The minimum atomic E-state index is -0.821. The number of hydrogen-bond acceptors (Lipinski definition) is 5. The van der Waals surface area contributed by atoms with Crippen LogP contribution >= 0.6 is 0 Å². The molecule has 0 saturated heterocycles. The highest BCUT2D eigenvalue weighted by atomic mass is 16.5. The molecule has 1 aromatic carbocycles. The molecule has 2 rings (SSSR count). The lowest BCUT2D eigenvalue weighted by Crippen LogP contribution is -2.54. The van der Waals surface area contributed by atoms with Crippen LogP contribution in [-0.2, 0) is 16.1 Å². The van der Waals surface area contributed by atoms with Crippen molar-refractivity contribution in [3.63, 3.8) is 0 Å². The number of benzene rings is 1. The van der Waals surface area contributed by atoms with Crippen LogP contribution in [-0.4, -0.2) is 40.2 Å². The van der Waals surface area contributed by atoms with E-state index in [2.05, 4.69) is 21.3 Å². The third kappa shape index (κ3) is 6.33. The summed E-state index contributed by atoms with van der Waals surface area (Å²) in [6, 6.07) is 7.69. The predicted octanol–water partition coefficient (Wildman–Crippen LogP) is 1.50. The zero-order valence-corrected chi connectivity index (χ0v) is 18.0. The summed E-state index contributed by atoms with van der Waals surface area (Å²) in [6.45, 7) is 9.68. The number of carbonyl (C=O) groups is 3. The number of nitrogens with one attached hydrogen (secondary N) is 3. The second-order valence-electron chi connectivity index (χ2n) is 7.27. The van der Waals surface area contributed by atoms with Crippen LogP contribution in [0.4, 0.5) is 0 Å². The van der Waals surface area contributed by atoms with E-state index in [9.17, 15) is 14.4 Å². The van der Waals surface area contributed by atoms with Gasteiger partial charge in [-0.3, -0.25) is 29.9 Å². The predicted molar refractivity (Wildman–Crippen MR) is 112 cm³/mol. The fourth-order valence-electron chi connectivity index (χ4n) is 2.85. The number of hydrazine groups is 1. The third-order valence-electron chi connectivity index (χ3n) is 4.39. The van der Waals surface area contributed by atoms with Gasteiger partial charge in [0.1, 0.15) is 18.3 Å². The van der Waals surface area contributed by atoms with Gasteiger partial charge in [-0.2, -0.15) is 5.10 Å². The van der Waals surface area contributed by atoms with E-state index < -0.39 is 17.9 Å². The van der Waals surface area contributed by atoms with Crippen LogP contribution in [0, 0.1) is 19.8 Å². The Kier molecular flexibility index (Phi) is 7.97. The summed E-state index contributed by atoms with van der Waals surface area (Å²) in [7, 11) is 0. The number of ether oxygens (including phenoxy) is 1. The van der Waals surface area contributed by atoms with E-state index in [1.807, 2.05) is 26.8 Å². The van der Waals surface area contributed by atoms with Gasteiger partial charge in [0.15, 0.2) is 0 Å². The van der Waals surface area contributed by atoms with E-state index in [-0.39, 0.29) is 18.4 Å². The lowest BCUT2D eigenvalue weighted by atomic mass is 10.0. The highest BCUT2D eigenvalue weighted by Crippen LogP contribution is 2.13. The van der Waals surface area contributed by atoms with E-state index in [0.29, 0.717) is 17.9 Å². The van der Waals surface area contributed by atoms with Crippen molar-refractivity contribution in [3.05, 3.63) is 47.3 Å². The van der Waals surface area contributed by atoms with E-state index >= 15 is 0 Å². The molecule has 0 aliphatic rings. The number of rotatable bonds is 8. The molecule has 162 valence electrons. The van der Waals surface area contributed by atoms with Gasteiger partial charge in [0, 0.05) is 11.3 Å². The fraction of sp³-hybridized carbons (Fsp3) is 0.429. The number of amides is 3. The number of nitrogens with zero attached hydrogens (tertiary/aromatic N) is 2. The maximum absolute atomic E-state index is 12.5. The summed E-state index contributed by atoms with van der Waals surface area (Å²) in [6.07, 6.45) is 0. The molecule has 0 aliphatic heterocycles. The Hall–Kier alpha value is -3.36. The van der Waals surface area contributed by atoms with E-state index in [1.54, 1.807) is 42.8 Å². The van der Waals surface area contributed by atoms with Crippen LogP contribution in [0.5, 0.6) is 5.75 Å². The van der Waals surface area contributed by atoms with Gasteiger partial charge >= 0.3 is 0 Å². The van der Waals surface area contributed by atoms with Crippen LogP contribution in [0.2, 0.25) is 0 Å². The van der Waals surface area contributed by atoms with Crippen molar-refractivity contribution in [2.45, 2.75) is 47.2 Å². The summed E-state index contributed by atoms with van der Waals surface area (Å²) in [5, 5.41) is 6.92. The highest BCUT2D eigenvalue weighted by Gasteiger charge is 2.25. The van der Waals surface area contributed by atoms with Gasteiger partial charge in [-0.1, -0.05) is 13.8 Å². The smallest absolute Gasteiger partial charge is 0.261 e. The van der Waals surface area contributed by atoms with Crippen LogP contribution in [0.15, 0.2) is 30.3 Å². The molecule has 9 nitrogen and oxygen atoms in total. The summed E-state index contributed by atoms with van der Waals surface area (Å²) in [5.41, 5.74) is 6.81. The molecule has 0 bridgehead atoms. The number of aryl methyl sites for hydroxylation is 2. The van der Waals surface area contributed by atoms with E-state index in [1.165, 1.54) is 0 Å². The average Bonchev–Trinajstić information content (AvgIpc) is 3.01. The first-order valence-corrected chi connectivity index (χ1v) is 9.84. The topological polar surface area (TPSA) is 114 Å². The Morgan fingerprint density at radius 1 is 1.10 bits per heavy atom. The molecule has 0 unspecified atom stereocenters. The van der Waals surface area contributed by atoms with Crippen LogP contribution < -0.4 is 20.9 Å². The zero-order chi connectivity index (χ0) is 22.3. The van der Waals surface area contributed by atoms with Gasteiger partial charge in [-0.15, -0.1) is 0 Å². The normalized spacial score (nSPS) is 11.7. The molecular weight excluding hydrogens is 386 g/mol. The molecule has 3 N–H and O–H groups in total. The van der Waals surface area contributed by atoms with Crippen molar-refractivity contribution in [1.82, 2.24) is 25.9 Å². The largest absolute Gasteiger partial charge is 0.494 e. The maximum Gasteiger partial charge on any atom is 0.261 e. The Labute approximate surface area is 176 Å². The SMILES string of the molecule is CCOc1ccc(C(=O)N[C@H](C(=O)NNC(=O)Cn2nc(C)cc2C)C(C)C)cc1. The lowest BCUT2D eigenvalue weighted by Gasteiger charge is -2.22. The van der Waals surface area contributed by atoms with Crippen LogP contribution in [0.1, 0.15) is 42.5 Å². The Morgan fingerprint density at radius 3 is 2.30 bits per heavy atom. The van der Waals surface area contributed by atoms with Gasteiger partial charge in [-0.05, 0) is 57.0 Å². The fourth-order valence-corrected chi connectivity index (χ4v) is 2.85. The lowest BCUT2D eigenvalue weighted by molar-refractivity contribution is -0.130. The maximum atomic E-state index is 12.5. The standard InChI is InChI=1S/C21H29N5O4/c1-6-30-17-9-7-16(8-10-17)20(28)22-19(13(2)3)21(29)24-23-18(27)12-26-15(5)11-14(4)25-26/h7-11,13,19H,6,12H2,1-5H3,(H,22,28)(H,23,27)(H,24,29)/t19-/m0/s1. The van der Waals surface area contributed by atoms with Crippen molar-refractivity contribution < 1.29 is 19.1 Å². The molecule has 9 heteroatoms. The molecule has 1 heterocycles. The van der Waals surface area contributed by atoms with Gasteiger partial charge in [0.25, 0.3) is 17.7 Å². The van der Waals surface area contributed by atoms with Crippen molar-refractivity contribution in [3.8, 4) is 5.75 Å². The van der Waals surface area contributed by atoms with Gasteiger partial charge in [-0.25, -0.2) is 0 Å². The van der Waals surface area contributed by atoms with Crippen molar-refractivity contribution in [2.24, 2.45) is 5.92 Å². The molecule has 1 aromatic heterocycles. The summed E-state index contributed by atoms with van der Waals surface area (Å²) >= 11 is 0. The molecule has 3 amide bonds.